The smallest absolute Gasteiger partial charge is 0.226 e. The van der Waals surface area contributed by atoms with Crippen LogP contribution in [0.4, 0.5) is 0 Å². The topological polar surface area (TPSA) is 55.6 Å². The van der Waals surface area contributed by atoms with Crippen LogP contribution < -0.4 is 10.5 Å². The molecule has 0 fully saturated rings. The van der Waals surface area contributed by atoms with Gasteiger partial charge in [0.15, 0.2) is 0 Å². The molecule has 0 radical (unpaired) electrons. The summed E-state index contributed by atoms with van der Waals surface area (Å²) in [6.45, 7) is 2.70. The number of halogens is 2. The summed E-state index contributed by atoms with van der Waals surface area (Å²) >= 11 is 3.42. The second kappa shape index (κ2) is 8.40. The van der Waals surface area contributed by atoms with Gasteiger partial charge < -0.3 is 15.4 Å². The molecule has 1 unspecified atom stereocenters. The first-order chi connectivity index (χ1) is 8.49. The van der Waals surface area contributed by atoms with Crippen LogP contribution in [0.5, 0.6) is 5.75 Å². The van der Waals surface area contributed by atoms with E-state index in [0.717, 1.165) is 15.8 Å². The van der Waals surface area contributed by atoms with Crippen LogP contribution >= 0.6 is 28.3 Å². The van der Waals surface area contributed by atoms with E-state index in [1.165, 1.54) is 0 Å². The van der Waals surface area contributed by atoms with Crippen LogP contribution in [0.2, 0.25) is 0 Å². The third-order valence-electron chi connectivity index (χ3n) is 2.80. The second-order valence-electron chi connectivity index (χ2n) is 4.29. The molecule has 4 nitrogen and oxygen atoms in total. The predicted octanol–water partition coefficient (Wildman–Crippen LogP) is 2.43. The van der Waals surface area contributed by atoms with Crippen LogP contribution in [0.25, 0.3) is 0 Å². The number of nitrogens with zero attached hydrogens (tertiary/aromatic N) is 1. The molecular formula is C13H20BrClN2O2. The van der Waals surface area contributed by atoms with E-state index >= 15 is 0 Å². The molecule has 6 heteroatoms. The number of ether oxygens (including phenoxy) is 1. The number of benzene rings is 1. The fourth-order valence-corrected chi connectivity index (χ4v) is 2.09. The molecule has 1 aromatic rings. The highest BCUT2D eigenvalue weighted by Gasteiger charge is 2.17. The Bertz CT molecular complexity index is 429. The van der Waals surface area contributed by atoms with E-state index in [-0.39, 0.29) is 24.2 Å². The van der Waals surface area contributed by atoms with Crippen molar-refractivity contribution in [1.29, 1.82) is 0 Å². The van der Waals surface area contributed by atoms with E-state index in [4.69, 9.17) is 10.5 Å². The maximum atomic E-state index is 12.0. The maximum absolute atomic E-state index is 12.0. The molecule has 1 amide bonds. The average Bonchev–Trinajstić information content (AvgIpc) is 2.37. The van der Waals surface area contributed by atoms with Crippen molar-refractivity contribution in [3.05, 3.63) is 28.2 Å². The molecule has 1 aromatic carbocycles. The van der Waals surface area contributed by atoms with Gasteiger partial charge in [-0.15, -0.1) is 12.4 Å². The summed E-state index contributed by atoms with van der Waals surface area (Å²) in [7, 11) is 3.39. The van der Waals surface area contributed by atoms with E-state index in [0.29, 0.717) is 13.1 Å². The van der Waals surface area contributed by atoms with Gasteiger partial charge in [0.25, 0.3) is 0 Å². The molecule has 19 heavy (non-hydrogen) atoms. The first kappa shape index (κ1) is 18.2. The van der Waals surface area contributed by atoms with Crippen molar-refractivity contribution in [1.82, 2.24) is 4.90 Å². The van der Waals surface area contributed by atoms with Gasteiger partial charge in [0.1, 0.15) is 5.75 Å². The summed E-state index contributed by atoms with van der Waals surface area (Å²) in [5, 5.41) is 0. The van der Waals surface area contributed by atoms with Crippen molar-refractivity contribution < 1.29 is 9.53 Å². The minimum Gasteiger partial charge on any atom is -0.496 e. The summed E-state index contributed by atoms with van der Waals surface area (Å²) in [5.41, 5.74) is 6.47. The molecule has 0 aliphatic rings. The number of carbonyl (C=O) groups excluding carboxylic acids is 1. The summed E-state index contributed by atoms with van der Waals surface area (Å²) in [5.74, 6) is 0.658. The summed E-state index contributed by atoms with van der Waals surface area (Å²) in [6, 6.07) is 5.74. The quantitative estimate of drug-likeness (QED) is 0.886. The lowest BCUT2D eigenvalue weighted by Crippen LogP contribution is -2.34. The fourth-order valence-electron chi connectivity index (χ4n) is 1.68. The number of carbonyl (C=O) groups is 1. The number of amides is 1. The largest absolute Gasteiger partial charge is 0.496 e. The number of rotatable bonds is 5. The van der Waals surface area contributed by atoms with Crippen LogP contribution in [0, 0.1) is 5.92 Å². The molecule has 108 valence electrons. The van der Waals surface area contributed by atoms with Crippen LogP contribution in [0.15, 0.2) is 22.7 Å². The normalized spacial score (nSPS) is 11.4. The summed E-state index contributed by atoms with van der Waals surface area (Å²) in [6.07, 6.45) is 0. The van der Waals surface area contributed by atoms with Crippen LogP contribution in [-0.4, -0.2) is 31.5 Å². The van der Waals surface area contributed by atoms with Crippen molar-refractivity contribution in [2.75, 3.05) is 20.7 Å². The number of methoxy groups -OCH3 is 1. The van der Waals surface area contributed by atoms with E-state index in [9.17, 15) is 4.79 Å². The van der Waals surface area contributed by atoms with Gasteiger partial charge in [-0.2, -0.15) is 0 Å². The standard InChI is InChI=1S/C13H19BrN2O2.ClH/c1-9(7-15)13(17)16(2)8-10-6-11(14)4-5-12(10)18-3;/h4-6,9H,7-8,15H2,1-3H3;1H. The molecular weight excluding hydrogens is 332 g/mol. The zero-order valence-electron chi connectivity index (χ0n) is 11.4. The van der Waals surface area contributed by atoms with Gasteiger partial charge in [0, 0.05) is 36.1 Å². The van der Waals surface area contributed by atoms with Gasteiger partial charge >= 0.3 is 0 Å². The minimum atomic E-state index is -0.159. The van der Waals surface area contributed by atoms with E-state index in [2.05, 4.69) is 15.9 Å². The monoisotopic (exact) mass is 350 g/mol. The van der Waals surface area contributed by atoms with E-state index < -0.39 is 0 Å². The number of hydrogen-bond acceptors (Lipinski definition) is 3. The first-order valence-electron chi connectivity index (χ1n) is 5.77. The molecule has 2 N–H and O–H groups in total. The third-order valence-corrected chi connectivity index (χ3v) is 3.29. The summed E-state index contributed by atoms with van der Waals surface area (Å²) < 4.78 is 6.25. The molecule has 1 rings (SSSR count). The Balaban J connectivity index is 0.00000324. The molecule has 0 saturated carbocycles. The highest BCUT2D eigenvalue weighted by Crippen LogP contribution is 2.24. The zero-order chi connectivity index (χ0) is 13.7. The van der Waals surface area contributed by atoms with Crippen molar-refractivity contribution >= 4 is 34.2 Å². The predicted molar refractivity (Wildman–Crippen MR) is 82.6 cm³/mol. The maximum Gasteiger partial charge on any atom is 0.226 e. The lowest BCUT2D eigenvalue weighted by Gasteiger charge is -2.21. The van der Waals surface area contributed by atoms with Crippen molar-refractivity contribution in [2.24, 2.45) is 11.7 Å². The molecule has 0 aromatic heterocycles. The van der Waals surface area contributed by atoms with Gasteiger partial charge in [0.05, 0.1) is 7.11 Å². The Morgan fingerprint density at radius 2 is 2.16 bits per heavy atom. The highest BCUT2D eigenvalue weighted by molar-refractivity contribution is 9.10. The molecule has 0 heterocycles. The fraction of sp³-hybridized carbons (Fsp3) is 0.462. The van der Waals surface area contributed by atoms with Crippen molar-refractivity contribution in [3.63, 3.8) is 0 Å². The van der Waals surface area contributed by atoms with Gasteiger partial charge in [-0.3, -0.25) is 4.79 Å². The Hall–Kier alpha value is -0.780. The van der Waals surface area contributed by atoms with Crippen molar-refractivity contribution in [2.45, 2.75) is 13.5 Å². The third kappa shape index (κ3) is 5.01. The van der Waals surface area contributed by atoms with Gasteiger partial charge in [-0.05, 0) is 18.2 Å². The van der Waals surface area contributed by atoms with Crippen LogP contribution in [-0.2, 0) is 11.3 Å². The molecule has 0 aliphatic heterocycles. The molecule has 0 aliphatic carbocycles. The Kier molecular flexibility index (Phi) is 8.06. The average molecular weight is 352 g/mol. The molecule has 1 atom stereocenters. The second-order valence-corrected chi connectivity index (χ2v) is 5.20. The Labute approximate surface area is 128 Å². The van der Waals surface area contributed by atoms with Gasteiger partial charge in [-0.25, -0.2) is 0 Å². The number of nitrogens with two attached hydrogens (primary N) is 1. The van der Waals surface area contributed by atoms with Gasteiger partial charge in [-0.1, -0.05) is 22.9 Å². The Morgan fingerprint density at radius 3 is 2.68 bits per heavy atom. The molecule has 0 bridgehead atoms. The van der Waals surface area contributed by atoms with Crippen LogP contribution in [0.1, 0.15) is 12.5 Å². The van der Waals surface area contributed by atoms with E-state index in [1.54, 1.807) is 19.1 Å². The number of hydrogen-bond donors (Lipinski definition) is 1. The zero-order valence-corrected chi connectivity index (χ0v) is 13.8. The minimum absolute atomic E-state index is 0. The van der Waals surface area contributed by atoms with E-state index in [1.807, 2.05) is 25.1 Å². The molecule has 0 saturated heterocycles. The molecule has 0 spiro atoms. The van der Waals surface area contributed by atoms with Crippen molar-refractivity contribution in [3.8, 4) is 5.75 Å². The van der Waals surface area contributed by atoms with Crippen LogP contribution in [0.3, 0.4) is 0 Å². The lowest BCUT2D eigenvalue weighted by atomic mass is 10.1. The first-order valence-corrected chi connectivity index (χ1v) is 6.56. The summed E-state index contributed by atoms with van der Waals surface area (Å²) in [4.78, 5) is 13.6. The Morgan fingerprint density at radius 1 is 1.53 bits per heavy atom. The lowest BCUT2D eigenvalue weighted by molar-refractivity contribution is -0.133. The van der Waals surface area contributed by atoms with Gasteiger partial charge in [0.2, 0.25) is 5.91 Å². The highest BCUT2D eigenvalue weighted by atomic mass is 79.9. The SMILES string of the molecule is COc1ccc(Br)cc1CN(C)C(=O)C(C)CN.Cl.